The second kappa shape index (κ2) is 5.83. The van der Waals surface area contributed by atoms with Gasteiger partial charge in [0.25, 0.3) is 0 Å². The normalized spacial score (nSPS) is 12.8. The predicted molar refractivity (Wildman–Crippen MR) is 81.7 cm³/mol. The van der Waals surface area contributed by atoms with E-state index in [0.29, 0.717) is 17.1 Å². The van der Waals surface area contributed by atoms with Crippen molar-refractivity contribution in [1.82, 2.24) is 0 Å². The van der Waals surface area contributed by atoms with Crippen LogP contribution in [-0.4, -0.2) is 12.6 Å². The van der Waals surface area contributed by atoms with Gasteiger partial charge in [-0.3, -0.25) is 4.79 Å². The Balaban J connectivity index is 1.74. The summed E-state index contributed by atoms with van der Waals surface area (Å²) in [6, 6.07) is 13.4. The van der Waals surface area contributed by atoms with Gasteiger partial charge < -0.3 is 9.47 Å². The Bertz CT molecular complexity index is 684. The number of fused-ring (bicyclic) bond motifs is 1. The molecule has 21 heavy (non-hydrogen) atoms. The zero-order chi connectivity index (χ0) is 14.7. The quantitative estimate of drug-likeness (QED) is 0.630. The third kappa shape index (κ3) is 2.97. The first-order chi connectivity index (χ1) is 10.3. The van der Waals surface area contributed by atoms with Gasteiger partial charge in [-0.2, -0.15) is 0 Å². The summed E-state index contributed by atoms with van der Waals surface area (Å²) in [5, 5.41) is 0. The molecule has 0 N–H and O–H groups in total. The molecule has 106 valence electrons. The van der Waals surface area contributed by atoms with Gasteiger partial charge in [0.15, 0.2) is 17.3 Å². The number of carbonyl (C=O) groups excluding carboxylic acids is 1. The zero-order valence-corrected chi connectivity index (χ0v) is 11.8. The topological polar surface area (TPSA) is 35.5 Å². The van der Waals surface area contributed by atoms with Gasteiger partial charge in [-0.1, -0.05) is 37.3 Å². The van der Waals surface area contributed by atoms with Crippen molar-refractivity contribution in [2.45, 2.75) is 13.3 Å². The monoisotopic (exact) mass is 280 g/mol. The second-order valence-electron chi connectivity index (χ2n) is 4.86. The first kappa shape index (κ1) is 13.4. The number of aryl methyl sites for hydroxylation is 1. The number of hydrogen-bond donors (Lipinski definition) is 0. The lowest BCUT2D eigenvalue weighted by atomic mass is 10.1. The maximum atomic E-state index is 12.2. The first-order valence-corrected chi connectivity index (χ1v) is 6.97. The molecule has 0 unspecified atom stereocenters. The molecule has 1 aliphatic heterocycles. The van der Waals surface area contributed by atoms with Gasteiger partial charge in [0.1, 0.15) is 0 Å². The van der Waals surface area contributed by atoms with Gasteiger partial charge in [0.05, 0.1) is 0 Å². The average Bonchev–Trinajstić information content (AvgIpc) is 3.00. The number of rotatable bonds is 4. The lowest BCUT2D eigenvalue weighted by molar-refractivity contribution is 0.104. The SMILES string of the molecule is CCc1ccc(/C=C/C(=O)c2ccc3c(c2)OCO3)cc1. The maximum absolute atomic E-state index is 12.2. The van der Waals surface area contributed by atoms with Crippen LogP contribution in [0.2, 0.25) is 0 Å². The summed E-state index contributed by atoms with van der Waals surface area (Å²) in [5.41, 5.74) is 2.90. The van der Waals surface area contributed by atoms with Crippen molar-refractivity contribution < 1.29 is 14.3 Å². The van der Waals surface area contributed by atoms with E-state index in [9.17, 15) is 4.79 Å². The molecule has 1 heterocycles. The summed E-state index contributed by atoms with van der Waals surface area (Å²) in [6.07, 6.45) is 4.42. The summed E-state index contributed by atoms with van der Waals surface area (Å²) in [4.78, 5) is 12.2. The van der Waals surface area contributed by atoms with Crippen LogP contribution in [0.5, 0.6) is 11.5 Å². The molecule has 0 saturated carbocycles. The molecular weight excluding hydrogens is 264 g/mol. The number of benzene rings is 2. The van der Waals surface area contributed by atoms with E-state index in [-0.39, 0.29) is 12.6 Å². The van der Waals surface area contributed by atoms with Crippen molar-refractivity contribution in [3.63, 3.8) is 0 Å². The molecule has 3 heteroatoms. The Morgan fingerprint density at radius 2 is 1.86 bits per heavy atom. The van der Waals surface area contributed by atoms with Crippen molar-refractivity contribution in [2.24, 2.45) is 0 Å². The highest BCUT2D eigenvalue weighted by Gasteiger charge is 2.14. The smallest absolute Gasteiger partial charge is 0.231 e. The van der Waals surface area contributed by atoms with E-state index < -0.39 is 0 Å². The molecule has 0 amide bonds. The van der Waals surface area contributed by atoms with Crippen molar-refractivity contribution in [1.29, 1.82) is 0 Å². The van der Waals surface area contributed by atoms with Crippen LogP contribution in [0.25, 0.3) is 6.08 Å². The molecule has 3 rings (SSSR count). The van der Waals surface area contributed by atoms with Crippen LogP contribution in [0.4, 0.5) is 0 Å². The Morgan fingerprint density at radius 1 is 1.10 bits per heavy atom. The Labute approximate surface area is 123 Å². The minimum absolute atomic E-state index is 0.0483. The summed E-state index contributed by atoms with van der Waals surface area (Å²) in [6.45, 7) is 2.33. The van der Waals surface area contributed by atoms with E-state index in [4.69, 9.17) is 9.47 Å². The number of carbonyl (C=O) groups is 1. The van der Waals surface area contributed by atoms with Crippen LogP contribution in [0.1, 0.15) is 28.4 Å². The van der Waals surface area contributed by atoms with Crippen LogP contribution in [0.15, 0.2) is 48.5 Å². The average molecular weight is 280 g/mol. The molecule has 0 atom stereocenters. The van der Waals surface area contributed by atoms with Gasteiger partial charge in [-0.05, 0) is 41.8 Å². The van der Waals surface area contributed by atoms with Gasteiger partial charge in [-0.15, -0.1) is 0 Å². The summed E-state index contributed by atoms with van der Waals surface area (Å²) >= 11 is 0. The van der Waals surface area contributed by atoms with E-state index in [2.05, 4.69) is 19.1 Å². The molecule has 0 aliphatic carbocycles. The van der Waals surface area contributed by atoms with Gasteiger partial charge in [0.2, 0.25) is 6.79 Å². The molecule has 3 nitrogen and oxygen atoms in total. The largest absolute Gasteiger partial charge is 0.454 e. The fourth-order valence-electron chi connectivity index (χ4n) is 2.18. The predicted octanol–water partition coefficient (Wildman–Crippen LogP) is 3.87. The number of hydrogen-bond acceptors (Lipinski definition) is 3. The summed E-state index contributed by atoms with van der Waals surface area (Å²) < 4.78 is 10.5. The third-order valence-electron chi connectivity index (χ3n) is 3.47. The number of allylic oxidation sites excluding steroid dienone is 1. The highest BCUT2D eigenvalue weighted by molar-refractivity contribution is 6.07. The van der Waals surface area contributed by atoms with Crippen LogP contribution >= 0.6 is 0 Å². The van der Waals surface area contributed by atoms with Crippen LogP contribution in [-0.2, 0) is 6.42 Å². The molecule has 0 radical (unpaired) electrons. The fourth-order valence-corrected chi connectivity index (χ4v) is 2.18. The van der Waals surface area contributed by atoms with Crippen LogP contribution in [0, 0.1) is 0 Å². The Hall–Kier alpha value is -2.55. The minimum atomic E-state index is -0.0483. The summed E-state index contributed by atoms with van der Waals surface area (Å²) in [5.74, 6) is 1.26. The first-order valence-electron chi connectivity index (χ1n) is 6.97. The van der Waals surface area contributed by atoms with E-state index in [1.54, 1.807) is 24.3 Å². The van der Waals surface area contributed by atoms with Gasteiger partial charge in [0, 0.05) is 5.56 Å². The molecule has 0 saturated heterocycles. The maximum Gasteiger partial charge on any atom is 0.231 e. The molecule has 2 aromatic rings. The van der Waals surface area contributed by atoms with Gasteiger partial charge in [-0.25, -0.2) is 0 Å². The second-order valence-corrected chi connectivity index (χ2v) is 4.86. The molecule has 0 spiro atoms. The number of ether oxygens (including phenoxy) is 2. The molecular formula is C18H16O3. The molecule has 2 aromatic carbocycles. The van der Waals surface area contributed by atoms with E-state index in [0.717, 1.165) is 12.0 Å². The minimum Gasteiger partial charge on any atom is -0.454 e. The van der Waals surface area contributed by atoms with Crippen LogP contribution in [0.3, 0.4) is 0 Å². The molecule has 0 fully saturated rings. The Morgan fingerprint density at radius 3 is 2.62 bits per heavy atom. The van der Waals surface area contributed by atoms with Crippen LogP contribution < -0.4 is 9.47 Å². The molecule has 1 aliphatic rings. The highest BCUT2D eigenvalue weighted by Crippen LogP contribution is 2.32. The highest BCUT2D eigenvalue weighted by atomic mass is 16.7. The van der Waals surface area contributed by atoms with Crippen molar-refractivity contribution in [3.05, 3.63) is 65.2 Å². The third-order valence-corrected chi connectivity index (χ3v) is 3.47. The number of ketones is 1. The van der Waals surface area contributed by atoms with E-state index in [1.807, 2.05) is 18.2 Å². The Kier molecular flexibility index (Phi) is 3.73. The van der Waals surface area contributed by atoms with E-state index >= 15 is 0 Å². The van der Waals surface area contributed by atoms with Crippen molar-refractivity contribution in [2.75, 3.05) is 6.79 Å². The lowest BCUT2D eigenvalue weighted by Crippen LogP contribution is -1.94. The standard InChI is InChI=1S/C18H16O3/c1-2-13-3-5-14(6-4-13)7-9-16(19)15-8-10-17-18(11-15)21-12-20-17/h3-11H,2,12H2,1H3/b9-7+. The lowest BCUT2D eigenvalue weighted by Gasteiger charge is -2.00. The zero-order valence-electron chi connectivity index (χ0n) is 11.8. The fraction of sp³-hybridized carbons (Fsp3) is 0.167. The summed E-state index contributed by atoms with van der Waals surface area (Å²) in [7, 11) is 0. The molecule has 0 aromatic heterocycles. The van der Waals surface area contributed by atoms with E-state index in [1.165, 1.54) is 5.56 Å². The van der Waals surface area contributed by atoms with Crippen molar-refractivity contribution >= 4 is 11.9 Å². The van der Waals surface area contributed by atoms with Gasteiger partial charge >= 0.3 is 0 Å². The molecule has 0 bridgehead atoms. The van der Waals surface area contributed by atoms with Crippen molar-refractivity contribution in [3.8, 4) is 11.5 Å².